The van der Waals surface area contributed by atoms with Crippen molar-refractivity contribution >= 4 is 17.3 Å². The fourth-order valence-electron chi connectivity index (χ4n) is 1.85. The molecule has 0 radical (unpaired) electrons. The van der Waals surface area contributed by atoms with E-state index in [1.54, 1.807) is 0 Å². The third-order valence-electron chi connectivity index (χ3n) is 3.04. The van der Waals surface area contributed by atoms with Crippen LogP contribution in [0.1, 0.15) is 29.6 Å². The minimum absolute atomic E-state index is 0.0810. The van der Waals surface area contributed by atoms with Gasteiger partial charge in [-0.15, -0.1) is 0 Å². The summed E-state index contributed by atoms with van der Waals surface area (Å²) in [6, 6.07) is 1.64. The molecule has 7 nitrogen and oxygen atoms in total. The number of rotatable bonds is 7. The van der Waals surface area contributed by atoms with Crippen LogP contribution in [0, 0.1) is 15.9 Å². The van der Waals surface area contributed by atoms with Crippen LogP contribution >= 0.6 is 0 Å². The number of hydrogen-bond donors (Lipinski definition) is 2. The first kappa shape index (κ1) is 16.8. The number of carbonyl (C=O) groups is 1. The quantitative estimate of drug-likeness (QED) is 0.343. The summed E-state index contributed by atoms with van der Waals surface area (Å²) in [7, 11) is 1.50. The third-order valence-corrected chi connectivity index (χ3v) is 3.04. The lowest BCUT2D eigenvalue weighted by Gasteiger charge is -2.17. The molecule has 0 aliphatic carbocycles. The average molecular weight is 299 g/mol. The lowest BCUT2D eigenvalue weighted by molar-refractivity contribution is -0.385. The Morgan fingerprint density at radius 1 is 1.43 bits per heavy atom. The molecule has 1 rings (SSSR count). The van der Waals surface area contributed by atoms with Crippen LogP contribution in [0.2, 0.25) is 0 Å². The second-order valence-corrected chi connectivity index (χ2v) is 4.66. The molecule has 0 saturated heterocycles. The van der Waals surface area contributed by atoms with Gasteiger partial charge in [-0.3, -0.25) is 14.9 Å². The maximum Gasteiger partial charge on any atom is 0.285 e. The molecule has 0 aliphatic rings. The van der Waals surface area contributed by atoms with E-state index in [0.29, 0.717) is 25.5 Å². The molecular formula is C13H18FN3O4. The Balaban J connectivity index is 2.90. The molecular weight excluding hydrogens is 281 g/mol. The van der Waals surface area contributed by atoms with Crippen LogP contribution in [-0.4, -0.2) is 41.0 Å². The molecule has 0 heterocycles. The van der Waals surface area contributed by atoms with Gasteiger partial charge >= 0.3 is 0 Å². The standard InChI is InChI=1S/C13H18FN3O4/c1-16(5-3-2-4-6-18)13(19)9-7-11(15)10(14)8-12(9)17(20)21/h7-8,18H,2-6,15H2,1H3. The van der Waals surface area contributed by atoms with Crippen molar-refractivity contribution in [1.82, 2.24) is 4.90 Å². The Bertz CT molecular complexity index is 536. The van der Waals surface area contributed by atoms with Crippen LogP contribution in [0.15, 0.2) is 12.1 Å². The maximum absolute atomic E-state index is 13.3. The highest BCUT2D eigenvalue weighted by molar-refractivity contribution is 5.98. The predicted molar refractivity (Wildman–Crippen MR) is 75.4 cm³/mol. The lowest BCUT2D eigenvalue weighted by Crippen LogP contribution is -2.28. The molecule has 1 amide bonds. The van der Waals surface area contributed by atoms with Gasteiger partial charge < -0.3 is 15.7 Å². The summed E-state index contributed by atoms with van der Waals surface area (Å²) in [5.41, 5.74) is 4.23. The van der Waals surface area contributed by atoms with Crippen molar-refractivity contribution in [3.63, 3.8) is 0 Å². The number of unbranched alkanes of at least 4 members (excludes halogenated alkanes) is 2. The molecule has 0 fully saturated rings. The average Bonchev–Trinajstić information content (AvgIpc) is 2.44. The smallest absolute Gasteiger partial charge is 0.285 e. The monoisotopic (exact) mass is 299 g/mol. The van der Waals surface area contributed by atoms with E-state index in [9.17, 15) is 19.3 Å². The van der Waals surface area contributed by atoms with Crippen molar-refractivity contribution in [1.29, 1.82) is 0 Å². The molecule has 21 heavy (non-hydrogen) atoms. The van der Waals surface area contributed by atoms with Crippen molar-refractivity contribution in [2.24, 2.45) is 0 Å². The van der Waals surface area contributed by atoms with Crippen molar-refractivity contribution < 1.29 is 19.2 Å². The Kier molecular flexibility index (Phi) is 6.04. The van der Waals surface area contributed by atoms with Gasteiger partial charge in [-0.1, -0.05) is 0 Å². The van der Waals surface area contributed by atoms with Crippen molar-refractivity contribution in [2.45, 2.75) is 19.3 Å². The summed E-state index contributed by atoms with van der Waals surface area (Å²) in [6.07, 6.45) is 2.03. The zero-order valence-electron chi connectivity index (χ0n) is 11.7. The minimum Gasteiger partial charge on any atom is -0.396 e. The molecule has 116 valence electrons. The fourth-order valence-corrected chi connectivity index (χ4v) is 1.85. The number of amides is 1. The number of hydrogen-bond acceptors (Lipinski definition) is 5. The molecule has 1 aromatic rings. The molecule has 0 aliphatic heterocycles. The normalized spacial score (nSPS) is 10.4. The van der Waals surface area contributed by atoms with E-state index in [2.05, 4.69) is 0 Å². The van der Waals surface area contributed by atoms with Crippen molar-refractivity contribution in [3.05, 3.63) is 33.6 Å². The second-order valence-electron chi connectivity index (χ2n) is 4.66. The van der Waals surface area contributed by atoms with Crippen LogP contribution in [0.25, 0.3) is 0 Å². The highest BCUT2D eigenvalue weighted by Gasteiger charge is 2.25. The Morgan fingerprint density at radius 2 is 2.10 bits per heavy atom. The molecule has 0 bridgehead atoms. The number of anilines is 1. The summed E-state index contributed by atoms with van der Waals surface area (Å²) in [6.45, 7) is 0.463. The van der Waals surface area contributed by atoms with Crippen molar-refractivity contribution in [2.75, 3.05) is 25.9 Å². The van der Waals surface area contributed by atoms with Crippen molar-refractivity contribution in [3.8, 4) is 0 Å². The van der Waals surface area contributed by atoms with E-state index in [1.807, 2.05) is 0 Å². The number of aliphatic hydroxyl groups is 1. The molecule has 3 N–H and O–H groups in total. The minimum atomic E-state index is -0.927. The summed E-state index contributed by atoms with van der Waals surface area (Å²) in [4.78, 5) is 23.6. The Labute approximate surface area is 121 Å². The number of carbonyl (C=O) groups excluding carboxylic acids is 1. The maximum atomic E-state index is 13.3. The number of nitrogens with two attached hydrogens (primary N) is 1. The van der Waals surface area contributed by atoms with Crippen LogP contribution in [0.5, 0.6) is 0 Å². The largest absolute Gasteiger partial charge is 0.396 e. The zero-order valence-corrected chi connectivity index (χ0v) is 11.7. The van der Waals surface area contributed by atoms with Gasteiger partial charge in [0.15, 0.2) is 5.82 Å². The van der Waals surface area contributed by atoms with Gasteiger partial charge in [0.25, 0.3) is 11.6 Å². The summed E-state index contributed by atoms with van der Waals surface area (Å²) >= 11 is 0. The fraction of sp³-hybridized carbons (Fsp3) is 0.462. The number of nitrogen functional groups attached to an aromatic ring is 1. The van der Waals surface area contributed by atoms with Gasteiger partial charge in [0.05, 0.1) is 16.7 Å². The molecule has 1 aromatic carbocycles. The second kappa shape index (κ2) is 7.53. The molecule has 8 heteroatoms. The summed E-state index contributed by atoms with van der Waals surface area (Å²) in [5.74, 6) is -1.51. The first-order valence-electron chi connectivity index (χ1n) is 6.48. The van der Waals surface area contributed by atoms with Gasteiger partial charge in [-0.05, 0) is 25.3 Å². The van der Waals surface area contributed by atoms with E-state index in [4.69, 9.17) is 10.8 Å². The highest BCUT2D eigenvalue weighted by Crippen LogP contribution is 2.25. The topological polar surface area (TPSA) is 110 Å². The number of halogens is 1. The number of aliphatic hydroxyl groups excluding tert-OH is 1. The number of benzene rings is 1. The van der Waals surface area contributed by atoms with E-state index in [1.165, 1.54) is 11.9 Å². The van der Waals surface area contributed by atoms with Gasteiger partial charge in [-0.25, -0.2) is 4.39 Å². The molecule has 0 unspecified atom stereocenters. The SMILES string of the molecule is CN(CCCCCO)C(=O)c1cc(N)c(F)cc1[N+](=O)[O-]. The number of nitrogens with zero attached hydrogens (tertiary/aromatic N) is 2. The molecule has 0 aromatic heterocycles. The summed E-state index contributed by atoms with van der Waals surface area (Å²) < 4.78 is 13.3. The van der Waals surface area contributed by atoms with E-state index in [-0.39, 0.29) is 17.9 Å². The van der Waals surface area contributed by atoms with Gasteiger partial charge in [0.1, 0.15) is 5.56 Å². The number of nitro groups is 1. The van der Waals surface area contributed by atoms with Crippen LogP contribution in [0.3, 0.4) is 0 Å². The zero-order chi connectivity index (χ0) is 16.0. The van der Waals surface area contributed by atoms with E-state index < -0.39 is 22.3 Å². The van der Waals surface area contributed by atoms with Crippen LogP contribution in [-0.2, 0) is 0 Å². The lowest BCUT2D eigenvalue weighted by atomic mass is 10.1. The Hall–Kier alpha value is -2.22. The van der Waals surface area contributed by atoms with Crippen LogP contribution in [0.4, 0.5) is 15.8 Å². The molecule has 0 atom stereocenters. The highest BCUT2D eigenvalue weighted by atomic mass is 19.1. The molecule has 0 saturated carbocycles. The number of nitro benzene ring substituents is 1. The van der Waals surface area contributed by atoms with Gasteiger partial charge in [0.2, 0.25) is 0 Å². The van der Waals surface area contributed by atoms with Crippen LogP contribution < -0.4 is 5.73 Å². The van der Waals surface area contributed by atoms with Gasteiger partial charge in [0, 0.05) is 20.2 Å². The molecule has 0 spiro atoms. The predicted octanol–water partition coefficient (Wildman–Crippen LogP) is 1.55. The Morgan fingerprint density at radius 3 is 2.67 bits per heavy atom. The van der Waals surface area contributed by atoms with E-state index in [0.717, 1.165) is 12.5 Å². The first-order chi connectivity index (χ1) is 9.88. The summed E-state index contributed by atoms with van der Waals surface area (Å²) in [5, 5.41) is 19.6. The van der Waals surface area contributed by atoms with Gasteiger partial charge in [-0.2, -0.15) is 0 Å². The first-order valence-corrected chi connectivity index (χ1v) is 6.48. The van der Waals surface area contributed by atoms with E-state index >= 15 is 0 Å². The third kappa shape index (κ3) is 4.38.